The normalized spacial score (nSPS) is 19.7. The van der Waals surface area contributed by atoms with Crippen molar-refractivity contribution in [2.24, 2.45) is 11.7 Å². The van der Waals surface area contributed by atoms with Crippen molar-refractivity contribution in [3.8, 4) is 5.75 Å². The highest BCUT2D eigenvalue weighted by Gasteiger charge is 2.24. The minimum Gasteiger partial charge on any atom is -0.489 e. The molecule has 2 aromatic carbocycles. The zero-order valence-corrected chi connectivity index (χ0v) is 15.2. The fraction of sp³-hybridized carbons (Fsp3) is 0.409. The monoisotopic (exact) mass is 352 g/mol. The fourth-order valence-corrected chi connectivity index (χ4v) is 3.43. The predicted molar refractivity (Wildman–Crippen MR) is 104 cm³/mol. The first-order valence-corrected chi connectivity index (χ1v) is 9.49. The lowest BCUT2D eigenvalue weighted by Crippen LogP contribution is -2.38. The lowest BCUT2D eigenvalue weighted by Gasteiger charge is -2.25. The first-order valence-electron chi connectivity index (χ1n) is 9.49. The number of rotatable bonds is 7. The zero-order chi connectivity index (χ0) is 18.2. The molecule has 1 aliphatic carbocycles. The Labute approximate surface area is 155 Å². The van der Waals surface area contributed by atoms with Crippen LogP contribution in [0, 0.1) is 5.92 Å². The van der Waals surface area contributed by atoms with Crippen LogP contribution in [0.15, 0.2) is 54.6 Å². The molecule has 0 saturated heterocycles. The number of carbonyl (C=O) groups excluding carboxylic acids is 1. The van der Waals surface area contributed by atoms with E-state index < -0.39 is 0 Å². The molecule has 1 amide bonds. The van der Waals surface area contributed by atoms with Crippen LogP contribution in [0.4, 0.5) is 0 Å². The lowest BCUT2D eigenvalue weighted by atomic mass is 9.85. The molecule has 1 saturated carbocycles. The van der Waals surface area contributed by atoms with Crippen molar-refractivity contribution in [3.63, 3.8) is 0 Å². The van der Waals surface area contributed by atoms with E-state index in [4.69, 9.17) is 10.5 Å². The summed E-state index contributed by atoms with van der Waals surface area (Å²) in [5.41, 5.74) is 8.31. The van der Waals surface area contributed by atoms with Crippen LogP contribution in [0.3, 0.4) is 0 Å². The summed E-state index contributed by atoms with van der Waals surface area (Å²) in [6, 6.07) is 18.4. The molecule has 2 aromatic rings. The Morgan fingerprint density at radius 2 is 1.81 bits per heavy atom. The van der Waals surface area contributed by atoms with Crippen molar-refractivity contribution in [1.29, 1.82) is 0 Å². The van der Waals surface area contributed by atoms with Crippen LogP contribution in [0.25, 0.3) is 0 Å². The summed E-state index contributed by atoms with van der Waals surface area (Å²) in [6.07, 6.45) is 4.71. The number of nitrogens with one attached hydrogen (secondary N) is 1. The highest BCUT2D eigenvalue weighted by molar-refractivity contribution is 5.78. The molecule has 3 N–H and O–H groups in total. The third-order valence-corrected chi connectivity index (χ3v) is 4.97. The third kappa shape index (κ3) is 5.60. The van der Waals surface area contributed by atoms with Gasteiger partial charge in [0.15, 0.2) is 0 Å². The molecule has 0 aliphatic heterocycles. The average molecular weight is 352 g/mol. The SMILES string of the molecule is NC1CCCC(C(=O)NCCc2ccc(OCc3ccccc3)cc2)C1. The molecule has 0 aromatic heterocycles. The minimum atomic E-state index is 0.0903. The number of ether oxygens (including phenoxy) is 1. The summed E-state index contributed by atoms with van der Waals surface area (Å²) >= 11 is 0. The highest BCUT2D eigenvalue weighted by atomic mass is 16.5. The minimum absolute atomic E-state index is 0.0903. The molecule has 1 fully saturated rings. The Hall–Kier alpha value is -2.33. The number of carbonyl (C=O) groups is 1. The molecule has 0 spiro atoms. The predicted octanol–water partition coefficient (Wildman–Crippen LogP) is 3.44. The summed E-state index contributed by atoms with van der Waals surface area (Å²) in [7, 11) is 0. The molecule has 2 unspecified atom stereocenters. The average Bonchev–Trinajstić information content (AvgIpc) is 2.68. The molecule has 0 bridgehead atoms. The van der Waals surface area contributed by atoms with Crippen LogP contribution < -0.4 is 15.8 Å². The van der Waals surface area contributed by atoms with Gasteiger partial charge in [-0.15, -0.1) is 0 Å². The zero-order valence-electron chi connectivity index (χ0n) is 15.2. The van der Waals surface area contributed by atoms with Gasteiger partial charge in [-0.3, -0.25) is 4.79 Å². The van der Waals surface area contributed by atoms with E-state index in [0.717, 1.165) is 43.4 Å². The summed E-state index contributed by atoms with van der Waals surface area (Å²) in [5, 5.41) is 3.06. The molecule has 2 atom stereocenters. The molecular weight excluding hydrogens is 324 g/mol. The Morgan fingerprint density at radius 3 is 2.54 bits per heavy atom. The van der Waals surface area contributed by atoms with Crippen molar-refractivity contribution >= 4 is 5.91 Å². The summed E-state index contributed by atoms with van der Waals surface area (Å²) < 4.78 is 5.80. The molecule has 0 heterocycles. The molecular formula is C22H28N2O2. The molecule has 0 radical (unpaired) electrons. The Morgan fingerprint density at radius 1 is 1.04 bits per heavy atom. The quantitative estimate of drug-likeness (QED) is 0.802. The number of benzene rings is 2. The second-order valence-electron chi connectivity index (χ2n) is 7.08. The first kappa shape index (κ1) is 18.5. The Kier molecular flexibility index (Phi) is 6.67. The van der Waals surface area contributed by atoms with E-state index in [2.05, 4.69) is 29.6 Å². The maximum atomic E-state index is 12.2. The van der Waals surface area contributed by atoms with Gasteiger partial charge in [0.25, 0.3) is 0 Å². The van der Waals surface area contributed by atoms with Gasteiger partial charge in [0, 0.05) is 18.5 Å². The maximum Gasteiger partial charge on any atom is 0.223 e. The number of hydrogen-bond acceptors (Lipinski definition) is 3. The largest absolute Gasteiger partial charge is 0.489 e. The van der Waals surface area contributed by atoms with Gasteiger partial charge >= 0.3 is 0 Å². The topological polar surface area (TPSA) is 64.4 Å². The summed E-state index contributed by atoms with van der Waals surface area (Å²) in [5.74, 6) is 1.10. The van der Waals surface area contributed by atoms with E-state index in [9.17, 15) is 4.79 Å². The molecule has 3 rings (SSSR count). The van der Waals surface area contributed by atoms with Crippen LogP contribution in [0.5, 0.6) is 5.75 Å². The van der Waals surface area contributed by atoms with Gasteiger partial charge in [0.05, 0.1) is 0 Å². The van der Waals surface area contributed by atoms with E-state index in [1.54, 1.807) is 0 Å². The van der Waals surface area contributed by atoms with Crippen molar-refractivity contribution in [2.45, 2.75) is 44.8 Å². The second kappa shape index (κ2) is 9.39. The molecule has 4 heteroatoms. The van der Waals surface area contributed by atoms with Gasteiger partial charge in [-0.1, -0.05) is 48.9 Å². The number of nitrogens with two attached hydrogens (primary N) is 1. The van der Waals surface area contributed by atoms with Gasteiger partial charge in [-0.2, -0.15) is 0 Å². The van der Waals surface area contributed by atoms with Gasteiger partial charge in [-0.05, 0) is 48.9 Å². The number of amides is 1. The molecule has 138 valence electrons. The van der Waals surface area contributed by atoms with E-state index >= 15 is 0 Å². The summed E-state index contributed by atoms with van der Waals surface area (Å²) in [6.45, 7) is 1.23. The van der Waals surface area contributed by atoms with Crippen molar-refractivity contribution in [2.75, 3.05) is 6.54 Å². The molecule has 1 aliphatic rings. The number of hydrogen-bond donors (Lipinski definition) is 2. The van der Waals surface area contributed by atoms with Crippen molar-refractivity contribution in [1.82, 2.24) is 5.32 Å². The van der Waals surface area contributed by atoms with Crippen LogP contribution in [0.2, 0.25) is 0 Å². The smallest absolute Gasteiger partial charge is 0.223 e. The highest BCUT2D eigenvalue weighted by Crippen LogP contribution is 2.23. The Bertz CT molecular complexity index is 685. The van der Waals surface area contributed by atoms with E-state index in [0.29, 0.717) is 13.2 Å². The van der Waals surface area contributed by atoms with Crippen LogP contribution in [-0.4, -0.2) is 18.5 Å². The fourth-order valence-electron chi connectivity index (χ4n) is 3.43. The lowest BCUT2D eigenvalue weighted by molar-refractivity contribution is -0.126. The van der Waals surface area contributed by atoms with Gasteiger partial charge in [-0.25, -0.2) is 0 Å². The van der Waals surface area contributed by atoms with E-state index in [1.165, 1.54) is 5.56 Å². The molecule has 26 heavy (non-hydrogen) atoms. The van der Waals surface area contributed by atoms with Crippen LogP contribution in [-0.2, 0) is 17.8 Å². The summed E-state index contributed by atoms with van der Waals surface area (Å²) in [4.78, 5) is 12.2. The van der Waals surface area contributed by atoms with Gasteiger partial charge in [0.2, 0.25) is 5.91 Å². The van der Waals surface area contributed by atoms with E-state index in [1.807, 2.05) is 30.3 Å². The van der Waals surface area contributed by atoms with Crippen LogP contribution in [0.1, 0.15) is 36.8 Å². The van der Waals surface area contributed by atoms with Crippen molar-refractivity contribution < 1.29 is 9.53 Å². The standard InChI is InChI=1S/C22H28N2O2/c23-20-8-4-7-19(15-20)22(25)24-14-13-17-9-11-21(12-10-17)26-16-18-5-2-1-3-6-18/h1-3,5-6,9-12,19-20H,4,7-8,13-16,23H2,(H,24,25). The molecule has 4 nitrogen and oxygen atoms in total. The van der Waals surface area contributed by atoms with Crippen LogP contribution >= 0.6 is 0 Å². The second-order valence-corrected chi connectivity index (χ2v) is 7.08. The van der Waals surface area contributed by atoms with Crippen molar-refractivity contribution in [3.05, 3.63) is 65.7 Å². The van der Waals surface area contributed by atoms with Gasteiger partial charge < -0.3 is 15.8 Å². The van der Waals surface area contributed by atoms with E-state index in [-0.39, 0.29) is 17.9 Å². The Balaban J connectivity index is 1.39. The van der Waals surface area contributed by atoms with Gasteiger partial charge in [0.1, 0.15) is 12.4 Å². The maximum absolute atomic E-state index is 12.2. The first-order chi connectivity index (χ1) is 12.7. The third-order valence-electron chi connectivity index (χ3n) is 4.97.